The van der Waals surface area contributed by atoms with Crippen LogP contribution in [0.25, 0.3) is 0 Å². The van der Waals surface area contributed by atoms with Crippen molar-refractivity contribution in [1.82, 2.24) is 24.7 Å². The number of hydrogen-bond acceptors (Lipinski definition) is 5. The van der Waals surface area contributed by atoms with E-state index in [9.17, 15) is 4.79 Å². The number of aromatic amines is 1. The van der Waals surface area contributed by atoms with Crippen molar-refractivity contribution in [3.8, 4) is 0 Å². The molecular formula is C11H16N6O. The molecule has 2 heterocycles. The Balaban J connectivity index is 1.96. The molecule has 0 saturated carbocycles. The molecule has 0 radical (unpaired) electrons. The third-order valence-electron chi connectivity index (χ3n) is 2.59. The quantitative estimate of drug-likeness (QED) is 0.784. The van der Waals surface area contributed by atoms with Crippen molar-refractivity contribution in [3.63, 3.8) is 0 Å². The number of anilines is 1. The molecule has 0 aliphatic heterocycles. The molecule has 7 nitrogen and oxygen atoms in total. The van der Waals surface area contributed by atoms with Gasteiger partial charge in [-0.3, -0.25) is 4.79 Å². The largest absolute Gasteiger partial charge is 0.369 e. The fourth-order valence-corrected chi connectivity index (χ4v) is 1.60. The molecule has 0 spiro atoms. The van der Waals surface area contributed by atoms with Gasteiger partial charge in [0.1, 0.15) is 23.8 Å². The van der Waals surface area contributed by atoms with Crippen LogP contribution in [0.5, 0.6) is 0 Å². The molecule has 0 unspecified atom stereocenters. The van der Waals surface area contributed by atoms with Gasteiger partial charge in [-0.2, -0.15) is 0 Å². The summed E-state index contributed by atoms with van der Waals surface area (Å²) < 4.78 is 1.87. The molecule has 7 heteroatoms. The molecule has 0 amide bonds. The van der Waals surface area contributed by atoms with Crippen LogP contribution in [0.1, 0.15) is 18.6 Å². The van der Waals surface area contributed by atoms with Gasteiger partial charge in [0.05, 0.1) is 0 Å². The third kappa shape index (κ3) is 2.93. The van der Waals surface area contributed by atoms with Crippen molar-refractivity contribution in [2.45, 2.75) is 19.8 Å². The highest BCUT2D eigenvalue weighted by Crippen LogP contribution is 2.00. The minimum atomic E-state index is -0.136. The first-order valence-corrected chi connectivity index (χ1v) is 5.86. The molecular weight excluding hydrogens is 232 g/mol. The van der Waals surface area contributed by atoms with Crippen LogP contribution in [-0.4, -0.2) is 31.3 Å². The number of hydrogen-bond donors (Lipinski definition) is 2. The highest BCUT2D eigenvalue weighted by Gasteiger charge is 2.02. The molecule has 18 heavy (non-hydrogen) atoms. The van der Waals surface area contributed by atoms with E-state index in [2.05, 4.69) is 25.5 Å². The van der Waals surface area contributed by atoms with E-state index in [0.717, 1.165) is 12.2 Å². The van der Waals surface area contributed by atoms with Crippen molar-refractivity contribution in [2.24, 2.45) is 7.05 Å². The van der Waals surface area contributed by atoms with Gasteiger partial charge < -0.3 is 14.9 Å². The SMILES string of the molecule is CCc1nc(NCCc2nncn2C)cc(=O)[nH]1. The van der Waals surface area contributed by atoms with Crippen molar-refractivity contribution in [1.29, 1.82) is 0 Å². The van der Waals surface area contributed by atoms with Gasteiger partial charge in [-0.25, -0.2) is 4.98 Å². The second-order valence-corrected chi connectivity index (χ2v) is 3.97. The van der Waals surface area contributed by atoms with Crippen LogP contribution in [0, 0.1) is 0 Å². The first kappa shape index (κ1) is 12.3. The molecule has 0 fully saturated rings. The lowest BCUT2D eigenvalue weighted by atomic mass is 10.4. The minimum absolute atomic E-state index is 0.136. The molecule has 0 saturated heterocycles. The fourth-order valence-electron chi connectivity index (χ4n) is 1.60. The average molecular weight is 248 g/mol. The van der Waals surface area contributed by atoms with Crippen LogP contribution < -0.4 is 10.9 Å². The monoisotopic (exact) mass is 248 g/mol. The summed E-state index contributed by atoms with van der Waals surface area (Å²) in [5.74, 6) is 2.17. The van der Waals surface area contributed by atoms with Crippen LogP contribution in [0.2, 0.25) is 0 Å². The van der Waals surface area contributed by atoms with Crippen LogP contribution in [0.4, 0.5) is 5.82 Å². The number of aryl methyl sites for hydroxylation is 2. The zero-order valence-electron chi connectivity index (χ0n) is 10.5. The molecule has 0 atom stereocenters. The Morgan fingerprint density at radius 3 is 3.00 bits per heavy atom. The van der Waals surface area contributed by atoms with Crippen LogP contribution in [-0.2, 0) is 19.9 Å². The second kappa shape index (κ2) is 5.44. The van der Waals surface area contributed by atoms with Crippen molar-refractivity contribution in [2.75, 3.05) is 11.9 Å². The number of H-pyrrole nitrogens is 1. The number of rotatable bonds is 5. The number of nitrogens with one attached hydrogen (secondary N) is 2. The predicted octanol–water partition coefficient (Wildman–Crippen LogP) is 0.115. The summed E-state index contributed by atoms with van der Waals surface area (Å²) in [5.41, 5.74) is -0.136. The van der Waals surface area contributed by atoms with Gasteiger partial charge in [0.15, 0.2) is 0 Å². The van der Waals surface area contributed by atoms with E-state index in [1.807, 2.05) is 18.5 Å². The maximum atomic E-state index is 11.4. The van der Waals surface area contributed by atoms with Crippen molar-refractivity contribution in [3.05, 3.63) is 34.4 Å². The van der Waals surface area contributed by atoms with E-state index in [1.54, 1.807) is 6.33 Å². The van der Waals surface area contributed by atoms with E-state index in [0.29, 0.717) is 24.6 Å². The highest BCUT2D eigenvalue weighted by molar-refractivity contribution is 5.32. The summed E-state index contributed by atoms with van der Waals surface area (Å²) in [6, 6.07) is 1.45. The van der Waals surface area contributed by atoms with Gasteiger partial charge in [-0.15, -0.1) is 10.2 Å². The average Bonchev–Trinajstić information content (AvgIpc) is 2.74. The maximum absolute atomic E-state index is 11.4. The fraction of sp³-hybridized carbons (Fsp3) is 0.455. The van der Waals surface area contributed by atoms with Crippen molar-refractivity contribution < 1.29 is 0 Å². The summed E-state index contributed by atoms with van der Waals surface area (Å²) in [5, 5.41) is 10.9. The highest BCUT2D eigenvalue weighted by atomic mass is 16.1. The topological polar surface area (TPSA) is 88.5 Å². The number of nitrogens with zero attached hydrogens (tertiary/aromatic N) is 4. The maximum Gasteiger partial charge on any atom is 0.252 e. The second-order valence-electron chi connectivity index (χ2n) is 3.97. The van der Waals surface area contributed by atoms with Gasteiger partial charge in [-0.05, 0) is 0 Å². The Morgan fingerprint density at radius 2 is 2.33 bits per heavy atom. The van der Waals surface area contributed by atoms with Crippen LogP contribution in [0.15, 0.2) is 17.2 Å². The van der Waals surface area contributed by atoms with E-state index in [4.69, 9.17) is 0 Å². The minimum Gasteiger partial charge on any atom is -0.369 e. The summed E-state index contributed by atoms with van der Waals surface area (Å²) >= 11 is 0. The van der Waals surface area contributed by atoms with Crippen molar-refractivity contribution >= 4 is 5.82 Å². The first-order chi connectivity index (χ1) is 8.69. The van der Waals surface area contributed by atoms with Gasteiger partial charge >= 0.3 is 0 Å². The van der Waals surface area contributed by atoms with E-state index < -0.39 is 0 Å². The van der Waals surface area contributed by atoms with Gasteiger partial charge in [0, 0.05) is 32.5 Å². The smallest absolute Gasteiger partial charge is 0.252 e. The molecule has 2 aromatic heterocycles. The zero-order chi connectivity index (χ0) is 13.0. The Labute approximate surface area is 104 Å². The first-order valence-electron chi connectivity index (χ1n) is 5.86. The summed E-state index contributed by atoms with van der Waals surface area (Å²) in [6.45, 7) is 2.60. The van der Waals surface area contributed by atoms with Gasteiger partial charge in [-0.1, -0.05) is 6.92 Å². The lowest BCUT2D eigenvalue weighted by Gasteiger charge is -2.06. The summed E-state index contributed by atoms with van der Waals surface area (Å²) in [6.07, 6.45) is 3.09. The lowest BCUT2D eigenvalue weighted by Crippen LogP contribution is -2.15. The Kier molecular flexibility index (Phi) is 3.71. The molecule has 2 rings (SSSR count). The number of aromatic nitrogens is 5. The normalized spacial score (nSPS) is 10.6. The molecule has 0 aliphatic carbocycles. The molecule has 0 aromatic carbocycles. The molecule has 0 bridgehead atoms. The molecule has 0 aliphatic rings. The Morgan fingerprint density at radius 1 is 1.50 bits per heavy atom. The summed E-state index contributed by atoms with van der Waals surface area (Å²) in [7, 11) is 1.90. The van der Waals surface area contributed by atoms with Gasteiger partial charge in [0.25, 0.3) is 5.56 Å². The Hall–Kier alpha value is -2.18. The molecule has 2 aromatic rings. The molecule has 96 valence electrons. The standard InChI is InChI=1S/C11H16N6O/c1-3-8-14-9(6-11(18)15-8)12-5-4-10-16-13-7-17(10)2/h6-7H,3-5H2,1-2H3,(H2,12,14,15,18). The third-order valence-corrected chi connectivity index (χ3v) is 2.59. The lowest BCUT2D eigenvalue weighted by molar-refractivity contribution is 0.786. The van der Waals surface area contributed by atoms with E-state index in [1.165, 1.54) is 6.07 Å². The van der Waals surface area contributed by atoms with E-state index >= 15 is 0 Å². The Bertz CT molecular complexity index is 573. The van der Waals surface area contributed by atoms with Gasteiger partial charge in [0.2, 0.25) is 0 Å². The van der Waals surface area contributed by atoms with Crippen LogP contribution >= 0.6 is 0 Å². The zero-order valence-corrected chi connectivity index (χ0v) is 10.5. The van der Waals surface area contributed by atoms with Crippen LogP contribution in [0.3, 0.4) is 0 Å². The molecule has 2 N–H and O–H groups in total. The summed E-state index contributed by atoms with van der Waals surface area (Å²) in [4.78, 5) is 18.3. The predicted molar refractivity (Wildman–Crippen MR) is 67.4 cm³/mol. The van der Waals surface area contributed by atoms with E-state index in [-0.39, 0.29) is 5.56 Å².